The van der Waals surface area contributed by atoms with Crippen LogP contribution in [0.1, 0.15) is 30.5 Å². The highest BCUT2D eigenvalue weighted by molar-refractivity contribution is 5.96. The molecule has 0 aromatic carbocycles. The summed E-state index contributed by atoms with van der Waals surface area (Å²) in [7, 11) is 0. The molecule has 2 aliphatic rings. The molecule has 0 amide bonds. The van der Waals surface area contributed by atoms with E-state index in [1.165, 1.54) is 11.0 Å². The van der Waals surface area contributed by atoms with Crippen molar-refractivity contribution in [1.29, 1.82) is 0 Å². The summed E-state index contributed by atoms with van der Waals surface area (Å²) >= 11 is 0. The van der Waals surface area contributed by atoms with Gasteiger partial charge in [0.25, 0.3) is 0 Å². The van der Waals surface area contributed by atoms with Crippen molar-refractivity contribution in [3.05, 3.63) is 78.2 Å². The van der Waals surface area contributed by atoms with Crippen LogP contribution in [-0.4, -0.2) is 38.6 Å². The lowest BCUT2D eigenvalue weighted by Gasteiger charge is -2.40. The molecule has 0 aliphatic carbocycles. The molecule has 2 aliphatic heterocycles. The van der Waals surface area contributed by atoms with E-state index in [0.717, 1.165) is 12.3 Å². The van der Waals surface area contributed by atoms with Crippen molar-refractivity contribution in [2.45, 2.75) is 37.7 Å². The van der Waals surface area contributed by atoms with Crippen molar-refractivity contribution in [3.8, 4) is 11.3 Å². The molecule has 188 valence electrons. The Morgan fingerprint density at radius 1 is 1.00 bits per heavy atom. The van der Waals surface area contributed by atoms with E-state index in [2.05, 4.69) is 26.8 Å². The molecule has 0 bridgehead atoms. The fourth-order valence-corrected chi connectivity index (χ4v) is 4.64. The molecule has 11 heteroatoms. The van der Waals surface area contributed by atoms with Crippen LogP contribution in [0.4, 0.5) is 26.3 Å². The summed E-state index contributed by atoms with van der Waals surface area (Å²) in [4.78, 5) is 12.2. The Morgan fingerprint density at radius 3 is 2.50 bits per heavy atom. The molecule has 2 N–H and O–H groups in total. The Bertz CT molecular complexity index is 1360. The third kappa shape index (κ3) is 4.57. The van der Waals surface area contributed by atoms with Crippen LogP contribution in [-0.2, 0) is 6.18 Å². The van der Waals surface area contributed by atoms with Gasteiger partial charge in [-0.05, 0) is 66.8 Å². The Balaban J connectivity index is 1.52. The van der Waals surface area contributed by atoms with Gasteiger partial charge in [0.1, 0.15) is 23.2 Å². The number of pyridine rings is 2. The van der Waals surface area contributed by atoms with Crippen LogP contribution in [0.25, 0.3) is 27.9 Å². The monoisotopic (exact) mass is 505 g/mol. The summed E-state index contributed by atoms with van der Waals surface area (Å²) in [5.74, 6) is 0.326. The zero-order valence-corrected chi connectivity index (χ0v) is 18.8. The first kappa shape index (κ1) is 24.0. The highest BCUT2D eigenvalue weighted by Gasteiger charge is 2.45. The van der Waals surface area contributed by atoms with E-state index in [4.69, 9.17) is 0 Å². The zero-order chi connectivity index (χ0) is 25.7. The number of rotatable bonds is 3. The second kappa shape index (κ2) is 8.72. The lowest BCUT2D eigenvalue weighted by Crippen LogP contribution is -2.50. The molecule has 1 saturated heterocycles. The number of aromatic nitrogens is 3. The predicted molar refractivity (Wildman–Crippen MR) is 123 cm³/mol. The number of dihydropyridines is 1. The van der Waals surface area contributed by atoms with Gasteiger partial charge in [0.2, 0.25) is 0 Å². The van der Waals surface area contributed by atoms with Crippen LogP contribution in [0.3, 0.4) is 0 Å². The van der Waals surface area contributed by atoms with E-state index >= 15 is 0 Å². The normalized spacial score (nSPS) is 19.2. The van der Waals surface area contributed by atoms with E-state index in [9.17, 15) is 26.3 Å². The minimum Gasteiger partial charge on any atom is -0.346 e. The second-order valence-electron chi connectivity index (χ2n) is 8.76. The van der Waals surface area contributed by atoms with E-state index in [1.807, 2.05) is 0 Å². The highest BCUT2D eigenvalue weighted by atomic mass is 19.4. The van der Waals surface area contributed by atoms with E-state index in [0.29, 0.717) is 57.8 Å². The fourth-order valence-electron chi connectivity index (χ4n) is 4.64. The molecule has 1 fully saturated rings. The van der Waals surface area contributed by atoms with Crippen molar-refractivity contribution >= 4 is 16.6 Å². The van der Waals surface area contributed by atoms with E-state index in [1.54, 1.807) is 30.5 Å². The van der Waals surface area contributed by atoms with Crippen LogP contribution in [0, 0.1) is 0 Å². The molecule has 1 unspecified atom stereocenters. The highest BCUT2D eigenvalue weighted by Crippen LogP contribution is 2.37. The molecule has 36 heavy (non-hydrogen) atoms. The van der Waals surface area contributed by atoms with Gasteiger partial charge in [-0.3, -0.25) is 4.98 Å². The first-order valence-corrected chi connectivity index (χ1v) is 11.2. The van der Waals surface area contributed by atoms with Crippen molar-refractivity contribution in [1.82, 2.24) is 25.2 Å². The summed E-state index contributed by atoms with van der Waals surface area (Å²) in [6.45, 7) is 4.19. The number of alkyl halides is 6. The molecular formula is C25H21F6N5. The molecule has 5 nitrogen and oxygen atoms in total. The Hall–Kier alpha value is -3.76. The van der Waals surface area contributed by atoms with Gasteiger partial charge in [0, 0.05) is 41.3 Å². The number of likely N-dealkylation sites (tertiary alicyclic amines) is 1. The summed E-state index contributed by atoms with van der Waals surface area (Å²) in [5, 5.41) is 3.64. The van der Waals surface area contributed by atoms with Crippen LogP contribution in [0.2, 0.25) is 0 Å². The number of nitrogens with one attached hydrogen (secondary N) is 2. The zero-order valence-electron chi connectivity index (χ0n) is 18.8. The lowest BCUT2D eigenvalue weighted by molar-refractivity contribution is -0.186. The van der Waals surface area contributed by atoms with Crippen molar-refractivity contribution in [3.63, 3.8) is 0 Å². The number of hydrogen-bond donors (Lipinski definition) is 2. The van der Waals surface area contributed by atoms with Gasteiger partial charge in [-0.25, -0.2) is 4.98 Å². The maximum atomic E-state index is 13.7. The number of aromatic amines is 1. The van der Waals surface area contributed by atoms with Gasteiger partial charge in [0.05, 0.1) is 0 Å². The molecule has 5 rings (SSSR count). The standard InChI is InChI=1S/C25H21F6N5/c1-14-10-16(11-22(34-14)36-9-3-2-4-21(36)25(29,30)31)17-7-8-32-23-18(17)12-19(35-23)15-5-6-20(33-13-15)24(26,27)28/h5-8,10-13,21,34H,1-4,9H2,(H,32,35). The molecule has 3 aromatic heterocycles. The number of nitrogens with zero attached hydrogens (tertiary/aromatic N) is 3. The number of halogens is 6. The van der Waals surface area contributed by atoms with Crippen LogP contribution in [0.15, 0.2) is 66.9 Å². The average molecular weight is 505 g/mol. The van der Waals surface area contributed by atoms with Gasteiger partial charge in [0.15, 0.2) is 0 Å². The molecule has 3 aromatic rings. The van der Waals surface area contributed by atoms with Crippen LogP contribution < -0.4 is 5.32 Å². The minimum absolute atomic E-state index is 0.0237. The van der Waals surface area contributed by atoms with Crippen LogP contribution >= 0.6 is 0 Å². The third-order valence-corrected chi connectivity index (χ3v) is 6.31. The summed E-state index contributed by atoms with van der Waals surface area (Å²) in [5.41, 5.74) is 2.22. The van der Waals surface area contributed by atoms with Crippen molar-refractivity contribution < 1.29 is 26.3 Å². The van der Waals surface area contributed by atoms with E-state index < -0.39 is 24.1 Å². The van der Waals surface area contributed by atoms with Crippen LogP contribution in [0.5, 0.6) is 0 Å². The Morgan fingerprint density at radius 2 is 1.81 bits per heavy atom. The summed E-state index contributed by atoms with van der Waals surface area (Å²) in [6.07, 6.45) is -1.63. The quantitative estimate of drug-likeness (QED) is 0.405. The first-order chi connectivity index (χ1) is 17.0. The van der Waals surface area contributed by atoms with E-state index in [-0.39, 0.29) is 13.0 Å². The minimum atomic E-state index is -4.54. The summed E-state index contributed by atoms with van der Waals surface area (Å²) in [6, 6.07) is 4.11. The van der Waals surface area contributed by atoms with Crippen molar-refractivity contribution in [2.75, 3.05) is 6.54 Å². The maximum absolute atomic E-state index is 13.7. The number of fused-ring (bicyclic) bond motifs is 1. The third-order valence-electron chi connectivity index (χ3n) is 6.31. The Labute approximate surface area is 202 Å². The van der Waals surface area contributed by atoms with Gasteiger partial charge in [-0.1, -0.05) is 6.58 Å². The number of piperidine rings is 1. The SMILES string of the molecule is C=C1C=C(c2ccnc3[nH]c(-c4ccc(C(F)(F)F)nc4)cc23)C=C(N2CCCCC2C(F)(F)F)N1. The topological polar surface area (TPSA) is 56.8 Å². The fraction of sp³-hybridized carbons (Fsp3) is 0.280. The first-order valence-electron chi connectivity index (χ1n) is 11.2. The van der Waals surface area contributed by atoms with Gasteiger partial charge in [-0.15, -0.1) is 0 Å². The van der Waals surface area contributed by atoms with Crippen molar-refractivity contribution in [2.24, 2.45) is 0 Å². The average Bonchev–Trinajstić information content (AvgIpc) is 3.27. The number of hydrogen-bond acceptors (Lipinski definition) is 4. The second-order valence-corrected chi connectivity index (χ2v) is 8.76. The molecule has 1 atom stereocenters. The molecular weight excluding hydrogens is 484 g/mol. The predicted octanol–water partition coefficient (Wildman–Crippen LogP) is 6.40. The van der Waals surface area contributed by atoms with Gasteiger partial charge < -0.3 is 15.2 Å². The lowest BCUT2D eigenvalue weighted by atomic mass is 9.97. The molecule has 0 spiro atoms. The van der Waals surface area contributed by atoms with Gasteiger partial charge >= 0.3 is 12.4 Å². The smallest absolute Gasteiger partial charge is 0.346 e. The largest absolute Gasteiger partial charge is 0.433 e. The number of H-pyrrole nitrogens is 1. The van der Waals surface area contributed by atoms with Gasteiger partial charge in [-0.2, -0.15) is 26.3 Å². The Kier molecular flexibility index (Phi) is 5.80. The molecule has 5 heterocycles. The maximum Gasteiger partial charge on any atom is 0.433 e. The molecule has 0 saturated carbocycles. The molecule has 0 radical (unpaired) electrons. The summed E-state index contributed by atoms with van der Waals surface area (Å²) < 4.78 is 79.7. The number of allylic oxidation sites excluding steroid dienone is 3.